The number of hydrogen-bond acceptors (Lipinski definition) is 7. The third-order valence-electron chi connectivity index (χ3n) is 3.46. The van der Waals surface area contributed by atoms with Crippen molar-refractivity contribution >= 4 is 39.9 Å². The van der Waals surface area contributed by atoms with Crippen LogP contribution in [0.25, 0.3) is 0 Å². The lowest BCUT2D eigenvalue weighted by Crippen LogP contribution is -2.21. The predicted octanol–water partition coefficient (Wildman–Crippen LogP) is 3.69. The molecule has 0 unspecified atom stereocenters. The second kappa shape index (κ2) is 9.47. The Labute approximate surface area is 170 Å². The molecule has 3 rings (SSSR count). The summed E-state index contributed by atoms with van der Waals surface area (Å²) >= 11 is 1.08. The molecule has 0 saturated heterocycles. The standard InChI is InChI=1S/C20H17N3O5S/c1-13(24)21-20-23-16(12-29-20)19(26)27-11-18(25)22-15-9-5-6-10-17(15)28-14-7-3-2-4-8-14/h2-10,12H,11H2,1H3,(H,22,25)(H,21,23,24). The molecule has 0 fully saturated rings. The molecule has 0 aliphatic rings. The molecule has 1 aromatic heterocycles. The molecule has 3 aromatic rings. The number of thiazole rings is 1. The molecule has 1 heterocycles. The summed E-state index contributed by atoms with van der Waals surface area (Å²) in [7, 11) is 0. The molecule has 9 heteroatoms. The van der Waals surface area contributed by atoms with Gasteiger partial charge in [-0.2, -0.15) is 0 Å². The van der Waals surface area contributed by atoms with Gasteiger partial charge in [-0.15, -0.1) is 11.3 Å². The minimum absolute atomic E-state index is 0.0133. The summed E-state index contributed by atoms with van der Waals surface area (Å²) in [5.41, 5.74) is 0.457. The first-order valence-electron chi connectivity index (χ1n) is 8.53. The molecule has 0 saturated carbocycles. The zero-order valence-electron chi connectivity index (χ0n) is 15.4. The Morgan fingerprint density at radius 2 is 1.72 bits per heavy atom. The van der Waals surface area contributed by atoms with Crippen LogP contribution in [0.15, 0.2) is 60.0 Å². The van der Waals surface area contributed by atoms with Gasteiger partial charge < -0.3 is 20.1 Å². The molecule has 0 aliphatic carbocycles. The van der Waals surface area contributed by atoms with Gasteiger partial charge in [-0.25, -0.2) is 9.78 Å². The Morgan fingerprint density at radius 3 is 2.48 bits per heavy atom. The van der Waals surface area contributed by atoms with E-state index in [1.54, 1.807) is 36.4 Å². The number of aromatic nitrogens is 1. The third kappa shape index (κ3) is 5.88. The first kappa shape index (κ1) is 20.0. The van der Waals surface area contributed by atoms with Gasteiger partial charge in [0, 0.05) is 12.3 Å². The van der Waals surface area contributed by atoms with Crippen LogP contribution in [0.4, 0.5) is 10.8 Å². The van der Waals surface area contributed by atoms with E-state index in [4.69, 9.17) is 9.47 Å². The van der Waals surface area contributed by atoms with Crippen LogP contribution in [-0.2, 0) is 14.3 Å². The average molecular weight is 411 g/mol. The number of amides is 2. The Morgan fingerprint density at radius 1 is 1.00 bits per heavy atom. The number of nitrogens with one attached hydrogen (secondary N) is 2. The second-order valence-corrected chi connectivity index (χ2v) is 6.61. The highest BCUT2D eigenvalue weighted by Crippen LogP contribution is 2.29. The maximum absolute atomic E-state index is 12.2. The zero-order valence-corrected chi connectivity index (χ0v) is 16.2. The largest absolute Gasteiger partial charge is 0.455 e. The highest BCUT2D eigenvalue weighted by molar-refractivity contribution is 7.14. The zero-order chi connectivity index (χ0) is 20.6. The Kier molecular flexibility index (Phi) is 6.54. The second-order valence-electron chi connectivity index (χ2n) is 5.75. The molecular formula is C20H17N3O5S. The van der Waals surface area contributed by atoms with E-state index in [1.807, 2.05) is 18.2 Å². The van der Waals surface area contributed by atoms with Crippen molar-refractivity contribution in [2.24, 2.45) is 0 Å². The first-order chi connectivity index (χ1) is 14.0. The molecule has 0 aliphatic heterocycles. The van der Waals surface area contributed by atoms with Crippen molar-refractivity contribution in [2.45, 2.75) is 6.92 Å². The van der Waals surface area contributed by atoms with Crippen molar-refractivity contribution in [3.8, 4) is 11.5 Å². The SMILES string of the molecule is CC(=O)Nc1nc(C(=O)OCC(=O)Nc2ccccc2Oc2ccccc2)cs1. The van der Waals surface area contributed by atoms with Gasteiger partial charge in [-0.1, -0.05) is 30.3 Å². The fourth-order valence-electron chi connectivity index (χ4n) is 2.24. The monoisotopic (exact) mass is 411 g/mol. The van der Waals surface area contributed by atoms with Crippen LogP contribution in [0.3, 0.4) is 0 Å². The maximum atomic E-state index is 12.2. The van der Waals surface area contributed by atoms with Crippen molar-refractivity contribution < 1.29 is 23.9 Å². The minimum atomic E-state index is -0.762. The normalized spacial score (nSPS) is 10.1. The van der Waals surface area contributed by atoms with Crippen LogP contribution in [0.2, 0.25) is 0 Å². The van der Waals surface area contributed by atoms with Crippen LogP contribution in [0, 0.1) is 0 Å². The van der Waals surface area contributed by atoms with Crippen molar-refractivity contribution in [3.63, 3.8) is 0 Å². The summed E-state index contributed by atoms with van der Waals surface area (Å²) in [4.78, 5) is 39.1. The van der Waals surface area contributed by atoms with E-state index in [9.17, 15) is 14.4 Å². The molecule has 0 radical (unpaired) electrons. The predicted molar refractivity (Wildman–Crippen MR) is 108 cm³/mol. The number of ether oxygens (including phenoxy) is 2. The summed E-state index contributed by atoms with van der Waals surface area (Å²) in [6.45, 7) is 0.842. The molecule has 2 N–H and O–H groups in total. The number of carbonyl (C=O) groups is 3. The maximum Gasteiger partial charge on any atom is 0.358 e. The quantitative estimate of drug-likeness (QED) is 0.574. The lowest BCUT2D eigenvalue weighted by atomic mass is 10.3. The fraction of sp³-hybridized carbons (Fsp3) is 0.100. The number of carbonyl (C=O) groups excluding carboxylic acids is 3. The lowest BCUT2D eigenvalue weighted by Gasteiger charge is -2.12. The smallest absolute Gasteiger partial charge is 0.358 e. The Hall–Kier alpha value is -3.72. The van der Waals surface area contributed by atoms with E-state index < -0.39 is 18.5 Å². The lowest BCUT2D eigenvalue weighted by molar-refractivity contribution is -0.119. The molecule has 0 spiro atoms. The van der Waals surface area contributed by atoms with E-state index in [1.165, 1.54) is 12.3 Å². The van der Waals surface area contributed by atoms with Crippen LogP contribution in [-0.4, -0.2) is 29.4 Å². The Balaban J connectivity index is 1.56. The number of hydrogen-bond donors (Lipinski definition) is 2. The van der Waals surface area contributed by atoms with Gasteiger partial charge in [0.2, 0.25) is 5.91 Å². The first-order valence-corrected chi connectivity index (χ1v) is 9.41. The summed E-state index contributed by atoms with van der Waals surface area (Å²) in [5.74, 6) is -0.506. The molecule has 0 bridgehead atoms. The van der Waals surface area contributed by atoms with Gasteiger partial charge in [0.1, 0.15) is 5.75 Å². The van der Waals surface area contributed by atoms with Gasteiger partial charge in [0.05, 0.1) is 5.69 Å². The summed E-state index contributed by atoms with van der Waals surface area (Å²) < 4.78 is 10.8. The van der Waals surface area contributed by atoms with Gasteiger partial charge >= 0.3 is 5.97 Å². The highest BCUT2D eigenvalue weighted by atomic mass is 32.1. The van der Waals surface area contributed by atoms with Gasteiger partial charge in [-0.3, -0.25) is 9.59 Å². The summed E-state index contributed by atoms with van der Waals surface area (Å²) in [6.07, 6.45) is 0. The van der Waals surface area contributed by atoms with Crippen molar-refractivity contribution in [1.29, 1.82) is 0 Å². The Bertz CT molecular complexity index is 1020. The number of benzene rings is 2. The van der Waals surface area contributed by atoms with E-state index in [0.717, 1.165) is 11.3 Å². The van der Waals surface area contributed by atoms with E-state index in [-0.39, 0.29) is 16.7 Å². The van der Waals surface area contributed by atoms with Gasteiger partial charge in [-0.05, 0) is 24.3 Å². The number of anilines is 2. The summed E-state index contributed by atoms with van der Waals surface area (Å²) in [6, 6.07) is 16.1. The minimum Gasteiger partial charge on any atom is -0.455 e. The number of esters is 1. The third-order valence-corrected chi connectivity index (χ3v) is 4.22. The average Bonchev–Trinajstić information content (AvgIpc) is 3.16. The van der Waals surface area contributed by atoms with Crippen molar-refractivity contribution in [2.75, 3.05) is 17.2 Å². The van der Waals surface area contributed by atoms with Gasteiger partial charge in [0.15, 0.2) is 23.2 Å². The van der Waals surface area contributed by atoms with Gasteiger partial charge in [0.25, 0.3) is 5.91 Å². The topological polar surface area (TPSA) is 107 Å². The molecular weight excluding hydrogens is 394 g/mol. The van der Waals surface area contributed by atoms with Crippen LogP contribution in [0.5, 0.6) is 11.5 Å². The number of nitrogens with zero attached hydrogens (tertiary/aromatic N) is 1. The summed E-state index contributed by atoms with van der Waals surface area (Å²) in [5, 5.41) is 6.84. The van der Waals surface area contributed by atoms with Crippen molar-refractivity contribution in [1.82, 2.24) is 4.98 Å². The fourth-order valence-corrected chi connectivity index (χ4v) is 2.97. The molecule has 29 heavy (non-hydrogen) atoms. The highest BCUT2D eigenvalue weighted by Gasteiger charge is 2.15. The molecule has 2 amide bonds. The van der Waals surface area contributed by atoms with E-state index >= 15 is 0 Å². The molecule has 148 valence electrons. The number of rotatable bonds is 7. The molecule has 0 atom stereocenters. The molecule has 2 aromatic carbocycles. The van der Waals surface area contributed by atoms with Crippen molar-refractivity contribution in [3.05, 3.63) is 65.7 Å². The molecule has 8 nitrogen and oxygen atoms in total. The number of para-hydroxylation sites is 3. The van der Waals surface area contributed by atoms with E-state index in [2.05, 4.69) is 15.6 Å². The van der Waals surface area contributed by atoms with Crippen LogP contribution in [0.1, 0.15) is 17.4 Å². The van der Waals surface area contributed by atoms with Crippen LogP contribution >= 0.6 is 11.3 Å². The van der Waals surface area contributed by atoms with Crippen LogP contribution < -0.4 is 15.4 Å². The van der Waals surface area contributed by atoms with E-state index in [0.29, 0.717) is 17.2 Å².